The summed E-state index contributed by atoms with van der Waals surface area (Å²) in [7, 11) is 0. The van der Waals surface area contributed by atoms with E-state index in [9.17, 15) is 29.3 Å². The van der Waals surface area contributed by atoms with Crippen molar-refractivity contribution in [3.05, 3.63) is 88.0 Å². The number of carbonyl (C=O) groups is 4. The van der Waals surface area contributed by atoms with Gasteiger partial charge in [0.25, 0.3) is 17.5 Å². The smallest absolute Gasteiger partial charge is 0.316 e. The fourth-order valence-corrected chi connectivity index (χ4v) is 4.54. The van der Waals surface area contributed by atoms with Gasteiger partial charge >= 0.3 is 5.97 Å². The van der Waals surface area contributed by atoms with Gasteiger partial charge in [-0.3, -0.25) is 29.3 Å². The predicted molar refractivity (Wildman–Crippen MR) is 134 cm³/mol. The van der Waals surface area contributed by atoms with Crippen molar-refractivity contribution in [3.63, 3.8) is 0 Å². The number of hydrogen-bond acceptors (Lipinski definition) is 8. The van der Waals surface area contributed by atoms with Crippen molar-refractivity contribution in [1.82, 2.24) is 0 Å². The minimum absolute atomic E-state index is 0.0339. The van der Waals surface area contributed by atoms with Crippen LogP contribution < -0.4 is 19.3 Å². The minimum Gasteiger partial charge on any atom is -0.494 e. The molecule has 3 aromatic rings. The molecule has 0 radical (unpaired) electrons. The lowest BCUT2D eigenvalue weighted by Crippen LogP contribution is -2.29. The molecule has 2 aliphatic rings. The number of nitro benzene ring substituents is 1. The molecule has 2 aliphatic heterocycles. The molecule has 1 saturated heterocycles. The number of fused-ring (bicyclic) bond motifs is 1. The highest BCUT2D eigenvalue weighted by atomic mass is 16.6. The highest BCUT2D eigenvalue weighted by Gasteiger charge is 2.42. The number of imide groups is 1. The van der Waals surface area contributed by atoms with Crippen LogP contribution in [0.2, 0.25) is 0 Å². The normalized spacial score (nSPS) is 16.6. The van der Waals surface area contributed by atoms with E-state index in [1.807, 2.05) is 6.92 Å². The van der Waals surface area contributed by atoms with Gasteiger partial charge < -0.3 is 14.4 Å². The first-order valence-electron chi connectivity index (χ1n) is 11.8. The molecule has 0 saturated carbocycles. The average molecular weight is 515 g/mol. The van der Waals surface area contributed by atoms with Gasteiger partial charge in [0, 0.05) is 30.8 Å². The molecular formula is C27H21N3O8. The van der Waals surface area contributed by atoms with E-state index >= 15 is 0 Å². The maximum atomic E-state index is 13.0. The van der Waals surface area contributed by atoms with Gasteiger partial charge in [-0.2, -0.15) is 0 Å². The van der Waals surface area contributed by atoms with Crippen molar-refractivity contribution < 1.29 is 33.6 Å². The summed E-state index contributed by atoms with van der Waals surface area (Å²) in [6.45, 7) is 2.52. The Hall–Kier alpha value is -5.06. The number of rotatable bonds is 7. The quantitative estimate of drug-likeness (QED) is 0.153. The van der Waals surface area contributed by atoms with Crippen LogP contribution in [-0.4, -0.2) is 41.8 Å². The number of anilines is 2. The average Bonchev–Trinajstić information content (AvgIpc) is 3.42. The predicted octanol–water partition coefficient (Wildman–Crippen LogP) is 3.75. The van der Waals surface area contributed by atoms with E-state index in [1.54, 1.807) is 24.3 Å². The van der Waals surface area contributed by atoms with E-state index in [-0.39, 0.29) is 41.4 Å². The Balaban J connectivity index is 1.31. The Morgan fingerprint density at radius 3 is 2.42 bits per heavy atom. The molecule has 0 aliphatic carbocycles. The van der Waals surface area contributed by atoms with Crippen LogP contribution in [0.1, 0.15) is 34.1 Å². The second-order valence-electron chi connectivity index (χ2n) is 8.65. The zero-order chi connectivity index (χ0) is 27.0. The van der Waals surface area contributed by atoms with E-state index in [0.29, 0.717) is 18.0 Å². The molecule has 11 heteroatoms. The highest BCUT2D eigenvalue weighted by molar-refractivity contribution is 6.35. The summed E-state index contributed by atoms with van der Waals surface area (Å²) >= 11 is 0. The molecule has 11 nitrogen and oxygen atoms in total. The third kappa shape index (κ3) is 4.34. The maximum Gasteiger partial charge on any atom is 0.316 e. The summed E-state index contributed by atoms with van der Waals surface area (Å²) in [6.07, 6.45) is -0.0339. The van der Waals surface area contributed by atoms with Crippen LogP contribution >= 0.6 is 0 Å². The maximum absolute atomic E-state index is 13.0. The number of carbonyl (C=O) groups excluding carboxylic acids is 4. The summed E-state index contributed by atoms with van der Waals surface area (Å²) in [6, 6.07) is 16.6. The molecule has 1 fully saturated rings. The lowest BCUT2D eigenvalue weighted by Gasteiger charge is -2.17. The molecule has 2 heterocycles. The van der Waals surface area contributed by atoms with Crippen LogP contribution in [0.5, 0.6) is 11.5 Å². The number of hydrogen-bond donors (Lipinski definition) is 0. The molecule has 192 valence electrons. The SMILES string of the molecule is CCOc1ccc(N2C[C@@H](C(=O)Oc3cccc(N4C(=O)c5cccc([N+](=O)[O-])c5C4=O)c3)CC2=O)cc1. The van der Waals surface area contributed by atoms with Crippen LogP contribution in [0.25, 0.3) is 0 Å². The molecule has 3 aromatic carbocycles. The van der Waals surface area contributed by atoms with Crippen molar-refractivity contribution >= 4 is 40.8 Å². The molecular weight excluding hydrogens is 494 g/mol. The summed E-state index contributed by atoms with van der Waals surface area (Å²) in [5.74, 6) is -2.41. The van der Waals surface area contributed by atoms with Crippen LogP contribution in [-0.2, 0) is 9.59 Å². The van der Waals surface area contributed by atoms with Crippen molar-refractivity contribution in [3.8, 4) is 11.5 Å². The largest absolute Gasteiger partial charge is 0.494 e. The molecule has 1 atom stereocenters. The van der Waals surface area contributed by atoms with Gasteiger partial charge in [-0.1, -0.05) is 12.1 Å². The van der Waals surface area contributed by atoms with Crippen molar-refractivity contribution in [2.45, 2.75) is 13.3 Å². The highest BCUT2D eigenvalue weighted by Crippen LogP contribution is 2.35. The van der Waals surface area contributed by atoms with E-state index in [0.717, 1.165) is 11.0 Å². The van der Waals surface area contributed by atoms with Crippen LogP contribution in [0.4, 0.5) is 17.1 Å². The van der Waals surface area contributed by atoms with Gasteiger partial charge in [0.2, 0.25) is 5.91 Å². The van der Waals surface area contributed by atoms with Gasteiger partial charge in [-0.15, -0.1) is 0 Å². The van der Waals surface area contributed by atoms with E-state index in [1.165, 1.54) is 41.3 Å². The zero-order valence-electron chi connectivity index (χ0n) is 20.2. The molecule has 0 spiro atoms. The fraction of sp³-hybridized carbons (Fsp3) is 0.185. The van der Waals surface area contributed by atoms with Gasteiger partial charge in [0.15, 0.2) is 0 Å². The lowest BCUT2D eigenvalue weighted by atomic mass is 10.1. The molecule has 3 amide bonds. The van der Waals surface area contributed by atoms with E-state index < -0.39 is 34.3 Å². The van der Waals surface area contributed by atoms with Gasteiger partial charge in [0.05, 0.1) is 28.7 Å². The molecule has 0 aromatic heterocycles. The van der Waals surface area contributed by atoms with Crippen molar-refractivity contribution in [1.29, 1.82) is 0 Å². The second kappa shape index (κ2) is 9.77. The first-order chi connectivity index (χ1) is 18.3. The molecule has 0 bridgehead atoms. The Kier molecular flexibility index (Phi) is 6.33. The van der Waals surface area contributed by atoms with Gasteiger partial charge in [0.1, 0.15) is 17.1 Å². The van der Waals surface area contributed by atoms with Crippen molar-refractivity contribution in [2.75, 3.05) is 23.0 Å². The summed E-state index contributed by atoms with van der Waals surface area (Å²) < 4.78 is 10.9. The van der Waals surface area contributed by atoms with E-state index in [2.05, 4.69) is 0 Å². The molecule has 0 unspecified atom stereocenters. The van der Waals surface area contributed by atoms with Gasteiger partial charge in [-0.25, -0.2) is 4.90 Å². The number of amides is 3. The van der Waals surface area contributed by atoms with Gasteiger partial charge in [-0.05, 0) is 49.4 Å². The Morgan fingerprint density at radius 1 is 0.974 bits per heavy atom. The zero-order valence-corrected chi connectivity index (χ0v) is 20.2. The monoisotopic (exact) mass is 515 g/mol. The van der Waals surface area contributed by atoms with Crippen LogP contribution in [0, 0.1) is 16.0 Å². The first-order valence-corrected chi connectivity index (χ1v) is 11.8. The Morgan fingerprint density at radius 2 is 1.71 bits per heavy atom. The lowest BCUT2D eigenvalue weighted by molar-refractivity contribution is -0.385. The first kappa shape index (κ1) is 24.6. The summed E-state index contributed by atoms with van der Waals surface area (Å²) in [5.41, 5.74) is -0.104. The standard InChI is InChI=1S/C27H21N3O8/c1-2-37-19-11-9-17(10-12-19)28-15-16(13-23(28)31)27(34)38-20-6-3-5-18(14-20)29-25(32)21-7-4-8-22(30(35)36)24(21)26(29)33/h3-12,14,16H,2,13,15H2,1H3/t16-/m0/s1. The summed E-state index contributed by atoms with van der Waals surface area (Å²) in [4.78, 5) is 64.3. The van der Waals surface area contributed by atoms with Crippen molar-refractivity contribution in [2.24, 2.45) is 5.92 Å². The molecule has 38 heavy (non-hydrogen) atoms. The number of esters is 1. The topological polar surface area (TPSA) is 136 Å². The number of ether oxygens (including phenoxy) is 2. The number of nitrogens with zero attached hydrogens (tertiary/aromatic N) is 3. The van der Waals surface area contributed by atoms with Crippen LogP contribution in [0.3, 0.4) is 0 Å². The van der Waals surface area contributed by atoms with Crippen LogP contribution in [0.15, 0.2) is 66.7 Å². The third-order valence-corrected chi connectivity index (χ3v) is 6.30. The molecule has 0 N–H and O–H groups in total. The summed E-state index contributed by atoms with van der Waals surface area (Å²) in [5, 5.41) is 11.4. The second-order valence-corrected chi connectivity index (χ2v) is 8.65. The minimum atomic E-state index is -0.840. The number of benzene rings is 3. The van der Waals surface area contributed by atoms with E-state index in [4.69, 9.17) is 9.47 Å². The number of nitro groups is 1. The Labute approximate surface area is 216 Å². The third-order valence-electron chi connectivity index (χ3n) is 6.30. The Bertz CT molecular complexity index is 1480. The molecule has 5 rings (SSSR count). The fourth-order valence-electron chi connectivity index (χ4n) is 4.54.